The number of thiazole rings is 1. The molecule has 3 heteroatoms. The normalized spacial score (nSPS) is 16.5. The molecule has 0 radical (unpaired) electrons. The Kier molecular flexibility index (Phi) is 3.95. The minimum atomic E-state index is 0.625. The van der Waals surface area contributed by atoms with Gasteiger partial charge in [0.2, 0.25) is 0 Å². The molecule has 2 nitrogen and oxygen atoms in total. The molecular formula is C16H20N2S. The summed E-state index contributed by atoms with van der Waals surface area (Å²) >= 11 is 1.79. The van der Waals surface area contributed by atoms with Crippen LogP contribution in [0.1, 0.15) is 24.8 Å². The number of rotatable bonds is 6. The molecule has 1 aliphatic carbocycles. The Balaban J connectivity index is 1.70. The molecule has 3 rings (SSSR count). The largest absolute Gasteiger partial charge is 0.314 e. The Morgan fingerprint density at radius 1 is 1.32 bits per heavy atom. The highest BCUT2D eigenvalue weighted by Gasteiger charge is 2.31. The van der Waals surface area contributed by atoms with Crippen LogP contribution in [0, 0.1) is 5.92 Å². The molecule has 1 heterocycles. The van der Waals surface area contributed by atoms with Crippen molar-refractivity contribution >= 4 is 11.3 Å². The van der Waals surface area contributed by atoms with E-state index >= 15 is 0 Å². The topological polar surface area (TPSA) is 24.9 Å². The lowest BCUT2D eigenvalue weighted by Crippen LogP contribution is -2.32. The van der Waals surface area contributed by atoms with E-state index in [1.807, 2.05) is 6.07 Å². The molecular weight excluding hydrogens is 252 g/mol. The molecule has 100 valence electrons. The van der Waals surface area contributed by atoms with Crippen LogP contribution >= 0.6 is 11.3 Å². The van der Waals surface area contributed by atoms with Crippen LogP contribution in [0.15, 0.2) is 35.7 Å². The van der Waals surface area contributed by atoms with Crippen LogP contribution in [0.3, 0.4) is 0 Å². The van der Waals surface area contributed by atoms with Crippen LogP contribution in [0.2, 0.25) is 0 Å². The summed E-state index contributed by atoms with van der Waals surface area (Å²) in [6, 6.07) is 11.1. The fraction of sp³-hybridized carbons (Fsp3) is 0.438. The third-order valence-electron chi connectivity index (χ3n) is 3.67. The number of hydrogen-bond donors (Lipinski definition) is 1. The molecule has 1 aliphatic rings. The van der Waals surface area contributed by atoms with E-state index in [0.717, 1.165) is 24.6 Å². The summed E-state index contributed by atoms with van der Waals surface area (Å²) in [6.45, 7) is 3.24. The lowest BCUT2D eigenvalue weighted by atomic mass is 10.1. The van der Waals surface area contributed by atoms with Gasteiger partial charge in [-0.05, 0) is 25.3 Å². The van der Waals surface area contributed by atoms with E-state index < -0.39 is 0 Å². The second-order valence-corrected chi connectivity index (χ2v) is 6.14. The lowest BCUT2D eigenvalue weighted by Gasteiger charge is -2.15. The summed E-state index contributed by atoms with van der Waals surface area (Å²) in [6.07, 6.45) is 3.85. The molecule has 1 unspecified atom stereocenters. The summed E-state index contributed by atoms with van der Waals surface area (Å²) in [4.78, 5) is 4.79. The Bertz CT molecular complexity index is 517. The van der Waals surface area contributed by atoms with Crippen molar-refractivity contribution in [2.45, 2.75) is 32.2 Å². The number of aromatic nitrogens is 1. The van der Waals surface area contributed by atoms with E-state index in [2.05, 4.69) is 41.9 Å². The first-order chi connectivity index (χ1) is 9.36. The van der Waals surface area contributed by atoms with Crippen molar-refractivity contribution in [1.29, 1.82) is 0 Å². The summed E-state index contributed by atoms with van der Waals surface area (Å²) in [5, 5.41) is 7.05. The number of nitrogens with one attached hydrogen (secondary N) is 1. The van der Waals surface area contributed by atoms with Crippen molar-refractivity contribution in [2.24, 2.45) is 5.92 Å². The minimum absolute atomic E-state index is 0.625. The van der Waals surface area contributed by atoms with Gasteiger partial charge in [0.25, 0.3) is 0 Å². The molecule has 0 aliphatic heterocycles. The van der Waals surface area contributed by atoms with Gasteiger partial charge in [0, 0.05) is 23.4 Å². The van der Waals surface area contributed by atoms with Gasteiger partial charge in [0.1, 0.15) is 0 Å². The maximum atomic E-state index is 4.79. The predicted octanol–water partition coefficient (Wildman–Crippen LogP) is 3.74. The number of hydrogen-bond acceptors (Lipinski definition) is 3. The minimum Gasteiger partial charge on any atom is -0.314 e. The smallest absolute Gasteiger partial charge is 0.0948 e. The zero-order chi connectivity index (χ0) is 13.1. The van der Waals surface area contributed by atoms with Gasteiger partial charge in [-0.25, -0.2) is 4.98 Å². The van der Waals surface area contributed by atoms with Crippen molar-refractivity contribution in [3.63, 3.8) is 0 Å². The molecule has 0 spiro atoms. The molecule has 2 aromatic rings. The average Bonchev–Trinajstić information content (AvgIpc) is 3.19. The highest BCUT2D eigenvalue weighted by molar-refractivity contribution is 7.09. The standard InChI is InChI=1S/C16H20N2S/c1-2-17-14(13-8-9-13)10-16-18-15(11-19-16)12-6-4-3-5-7-12/h3-7,11,13-14,17H,2,8-10H2,1H3. The molecule has 1 aromatic carbocycles. The second-order valence-electron chi connectivity index (χ2n) is 5.20. The van der Waals surface area contributed by atoms with Crippen LogP contribution < -0.4 is 5.32 Å². The van der Waals surface area contributed by atoms with Gasteiger partial charge in [-0.15, -0.1) is 11.3 Å². The molecule has 19 heavy (non-hydrogen) atoms. The van der Waals surface area contributed by atoms with Crippen LogP contribution in [0.5, 0.6) is 0 Å². The van der Waals surface area contributed by atoms with Crippen molar-refractivity contribution in [2.75, 3.05) is 6.54 Å². The fourth-order valence-corrected chi connectivity index (χ4v) is 3.36. The van der Waals surface area contributed by atoms with Gasteiger partial charge in [-0.2, -0.15) is 0 Å². The second kappa shape index (κ2) is 5.85. The molecule has 1 atom stereocenters. The van der Waals surface area contributed by atoms with E-state index in [-0.39, 0.29) is 0 Å². The van der Waals surface area contributed by atoms with Crippen LogP contribution in [0.4, 0.5) is 0 Å². The lowest BCUT2D eigenvalue weighted by molar-refractivity contribution is 0.472. The predicted molar refractivity (Wildman–Crippen MR) is 81.4 cm³/mol. The molecule has 0 bridgehead atoms. The summed E-state index contributed by atoms with van der Waals surface area (Å²) < 4.78 is 0. The quantitative estimate of drug-likeness (QED) is 0.866. The van der Waals surface area contributed by atoms with E-state index in [9.17, 15) is 0 Å². The summed E-state index contributed by atoms with van der Waals surface area (Å²) in [5.41, 5.74) is 2.34. The monoisotopic (exact) mass is 272 g/mol. The van der Waals surface area contributed by atoms with Crippen molar-refractivity contribution < 1.29 is 0 Å². The highest BCUT2D eigenvalue weighted by Crippen LogP contribution is 2.34. The molecule has 1 N–H and O–H groups in total. The Morgan fingerprint density at radius 3 is 2.79 bits per heavy atom. The third-order valence-corrected chi connectivity index (χ3v) is 4.54. The first kappa shape index (κ1) is 12.8. The summed E-state index contributed by atoms with van der Waals surface area (Å²) in [7, 11) is 0. The number of nitrogens with zero attached hydrogens (tertiary/aromatic N) is 1. The SMILES string of the molecule is CCNC(Cc1nc(-c2ccccc2)cs1)C1CC1. The van der Waals surface area contributed by atoms with Gasteiger partial charge in [0.15, 0.2) is 0 Å². The van der Waals surface area contributed by atoms with Crippen molar-refractivity contribution in [3.8, 4) is 11.3 Å². The highest BCUT2D eigenvalue weighted by atomic mass is 32.1. The average molecular weight is 272 g/mol. The number of likely N-dealkylation sites (N-methyl/N-ethyl adjacent to an activating group) is 1. The van der Waals surface area contributed by atoms with Gasteiger partial charge < -0.3 is 5.32 Å². The van der Waals surface area contributed by atoms with Gasteiger partial charge >= 0.3 is 0 Å². The van der Waals surface area contributed by atoms with E-state index in [1.54, 1.807) is 11.3 Å². The Hall–Kier alpha value is -1.19. The van der Waals surface area contributed by atoms with Gasteiger partial charge in [-0.3, -0.25) is 0 Å². The van der Waals surface area contributed by atoms with Crippen molar-refractivity contribution in [3.05, 3.63) is 40.7 Å². The van der Waals surface area contributed by atoms with Crippen LogP contribution in [0.25, 0.3) is 11.3 Å². The first-order valence-electron chi connectivity index (χ1n) is 7.10. The van der Waals surface area contributed by atoms with Gasteiger partial charge in [-0.1, -0.05) is 37.3 Å². The molecule has 0 saturated heterocycles. The van der Waals surface area contributed by atoms with Gasteiger partial charge in [0.05, 0.1) is 10.7 Å². The molecule has 0 amide bonds. The van der Waals surface area contributed by atoms with Crippen molar-refractivity contribution in [1.82, 2.24) is 10.3 Å². The van der Waals surface area contributed by atoms with E-state index in [1.165, 1.54) is 23.4 Å². The maximum absolute atomic E-state index is 4.79. The fourth-order valence-electron chi connectivity index (χ4n) is 2.50. The van der Waals surface area contributed by atoms with E-state index in [4.69, 9.17) is 4.98 Å². The molecule has 1 saturated carbocycles. The van der Waals surface area contributed by atoms with E-state index in [0.29, 0.717) is 6.04 Å². The Labute approximate surface area is 118 Å². The maximum Gasteiger partial charge on any atom is 0.0948 e. The van der Waals surface area contributed by atoms with Crippen LogP contribution in [-0.4, -0.2) is 17.6 Å². The third kappa shape index (κ3) is 3.23. The number of benzene rings is 1. The first-order valence-corrected chi connectivity index (χ1v) is 7.98. The summed E-state index contributed by atoms with van der Waals surface area (Å²) in [5.74, 6) is 0.879. The molecule has 1 aromatic heterocycles. The Morgan fingerprint density at radius 2 is 2.11 bits per heavy atom. The zero-order valence-electron chi connectivity index (χ0n) is 11.3. The van der Waals surface area contributed by atoms with Crippen LogP contribution in [-0.2, 0) is 6.42 Å². The molecule has 1 fully saturated rings. The zero-order valence-corrected chi connectivity index (χ0v) is 12.1.